The van der Waals surface area contributed by atoms with Crippen LogP contribution in [-0.4, -0.2) is 9.78 Å². The molecule has 2 N–H and O–H groups in total. The first-order chi connectivity index (χ1) is 9.27. The van der Waals surface area contributed by atoms with Crippen LogP contribution in [0.2, 0.25) is 0 Å². The van der Waals surface area contributed by atoms with Gasteiger partial charge in [0.1, 0.15) is 0 Å². The summed E-state index contributed by atoms with van der Waals surface area (Å²) in [5.41, 5.74) is 7.63. The quantitative estimate of drug-likeness (QED) is 0.941. The number of hydrogen-bond donors (Lipinski definition) is 1. The smallest absolute Gasteiger partial charge is 0.324 e. The molecule has 0 bridgehead atoms. The van der Waals surface area contributed by atoms with E-state index >= 15 is 0 Å². The number of benzene rings is 1. The van der Waals surface area contributed by atoms with Crippen molar-refractivity contribution in [2.45, 2.75) is 25.6 Å². The van der Waals surface area contributed by atoms with Gasteiger partial charge in [0.25, 0.3) is 0 Å². The van der Waals surface area contributed by atoms with Crippen LogP contribution in [0.1, 0.15) is 28.4 Å². The molecule has 1 aromatic carbocycles. The number of aryl methyl sites for hydroxylation is 2. The minimum absolute atomic E-state index is 0.344. The Hall–Kier alpha value is -1.82. The monoisotopic (exact) mass is 283 g/mol. The van der Waals surface area contributed by atoms with Gasteiger partial charge in [-0.05, 0) is 25.0 Å². The zero-order chi connectivity index (χ0) is 14.9. The zero-order valence-electron chi connectivity index (χ0n) is 11.3. The lowest BCUT2D eigenvalue weighted by molar-refractivity contribution is -0.137. The molecule has 1 heterocycles. The molecule has 2 aromatic rings. The van der Waals surface area contributed by atoms with Crippen molar-refractivity contribution in [1.29, 1.82) is 0 Å². The van der Waals surface area contributed by atoms with E-state index in [2.05, 4.69) is 5.10 Å². The van der Waals surface area contributed by atoms with Gasteiger partial charge in [0.15, 0.2) is 0 Å². The van der Waals surface area contributed by atoms with Crippen molar-refractivity contribution in [2.24, 2.45) is 12.8 Å². The third-order valence-corrected chi connectivity index (χ3v) is 3.16. The molecule has 1 aromatic heterocycles. The summed E-state index contributed by atoms with van der Waals surface area (Å²) in [7, 11) is 1.79. The normalized spacial score (nSPS) is 13.5. The fraction of sp³-hybridized carbons (Fsp3) is 0.357. The Labute approximate surface area is 115 Å². The lowest BCUT2D eigenvalue weighted by Crippen LogP contribution is -2.14. The van der Waals surface area contributed by atoms with E-state index in [0.717, 1.165) is 23.4 Å². The number of rotatable bonds is 3. The highest BCUT2D eigenvalue weighted by atomic mass is 19.4. The molecular weight excluding hydrogens is 267 g/mol. The van der Waals surface area contributed by atoms with Crippen LogP contribution in [0.4, 0.5) is 13.2 Å². The maximum absolute atomic E-state index is 12.7. The highest BCUT2D eigenvalue weighted by Gasteiger charge is 2.30. The topological polar surface area (TPSA) is 43.8 Å². The molecule has 20 heavy (non-hydrogen) atoms. The van der Waals surface area contributed by atoms with E-state index in [1.54, 1.807) is 24.0 Å². The van der Waals surface area contributed by atoms with E-state index in [-0.39, 0.29) is 6.04 Å². The molecule has 0 amide bonds. The molecule has 1 unspecified atom stereocenters. The van der Waals surface area contributed by atoms with E-state index < -0.39 is 11.7 Å². The standard InChI is InChI=1S/C14H16F3N3/c1-9-12(8-20(2)19-9)13(18)7-10-4-3-5-11(6-10)14(15,16)17/h3-6,8,13H,7,18H2,1-2H3. The second kappa shape index (κ2) is 5.28. The number of nitrogens with two attached hydrogens (primary N) is 1. The average molecular weight is 283 g/mol. The van der Waals surface area contributed by atoms with Crippen molar-refractivity contribution in [3.05, 3.63) is 52.8 Å². The molecule has 0 aliphatic carbocycles. The number of aromatic nitrogens is 2. The van der Waals surface area contributed by atoms with E-state index in [1.165, 1.54) is 6.07 Å². The second-order valence-corrected chi connectivity index (χ2v) is 4.85. The van der Waals surface area contributed by atoms with E-state index in [1.807, 2.05) is 6.92 Å². The Bertz CT molecular complexity index is 602. The zero-order valence-corrected chi connectivity index (χ0v) is 11.3. The van der Waals surface area contributed by atoms with Gasteiger partial charge in [-0.3, -0.25) is 4.68 Å². The highest BCUT2D eigenvalue weighted by molar-refractivity contribution is 5.29. The van der Waals surface area contributed by atoms with Crippen molar-refractivity contribution in [3.8, 4) is 0 Å². The third-order valence-electron chi connectivity index (χ3n) is 3.16. The SMILES string of the molecule is Cc1nn(C)cc1C(N)Cc1cccc(C(F)(F)F)c1. The van der Waals surface area contributed by atoms with Crippen LogP contribution in [0.15, 0.2) is 30.5 Å². The van der Waals surface area contributed by atoms with Crippen LogP contribution in [0, 0.1) is 6.92 Å². The van der Waals surface area contributed by atoms with Crippen molar-refractivity contribution >= 4 is 0 Å². The molecule has 1 atom stereocenters. The molecule has 0 fully saturated rings. The summed E-state index contributed by atoms with van der Waals surface area (Å²) in [5.74, 6) is 0. The summed E-state index contributed by atoms with van der Waals surface area (Å²) < 4.78 is 39.6. The molecular formula is C14H16F3N3. The van der Waals surface area contributed by atoms with Crippen LogP contribution < -0.4 is 5.73 Å². The van der Waals surface area contributed by atoms with Gasteiger partial charge in [0.05, 0.1) is 11.3 Å². The fourth-order valence-electron chi connectivity index (χ4n) is 2.22. The Balaban J connectivity index is 2.20. The van der Waals surface area contributed by atoms with Gasteiger partial charge in [-0.2, -0.15) is 18.3 Å². The van der Waals surface area contributed by atoms with E-state index in [9.17, 15) is 13.2 Å². The largest absolute Gasteiger partial charge is 0.416 e. The first-order valence-corrected chi connectivity index (χ1v) is 6.19. The Morgan fingerprint density at radius 2 is 2.05 bits per heavy atom. The Morgan fingerprint density at radius 3 is 2.60 bits per heavy atom. The lowest BCUT2D eigenvalue weighted by atomic mass is 9.99. The molecule has 3 nitrogen and oxygen atoms in total. The van der Waals surface area contributed by atoms with Crippen LogP contribution in [0.5, 0.6) is 0 Å². The predicted molar refractivity (Wildman–Crippen MR) is 70.0 cm³/mol. The van der Waals surface area contributed by atoms with Gasteiger partial charge in [-0.15, -0.1) is 0 Å². The van der Waals surface area contributed by atoms with Crippen LogP contribution in [0.25, 0.3) is 0 Å². The van der Waals surface area contributed by atoms with Crippen molar-refractivity contribution < 1.29 is 13.2 Å². The molecule has 0 aliphatic heterocycles. The predicted octanol–water partition coefficient (Wildman–Crippen LogP) is 2.99. The van der Waals surface area contributed by atoms with Crippen molar-refractivity contribution in [3.63, 3.8) is 0 Å². The molecule has 0 saturated heterocycles. The Kier molecular flexibility index (Phi) is 3.85. The van der Waals surface area contributed by atoms with Crippen molar-refractivity contribution in [1.82, 2.24) is 9.78 Å². The molecule has 0 saturated carbocycles. The van der Waals surface area contributed by atoms with Crippen molar-refractivity contribution in [2.75, 3.05) is 0 Å². The number of halogens is 3. The van der Waals surface area contributed by atoms with Gasteiger partial charge >= 0.3 is 6.18 Å². The van der Waals surface area contributed by atoms with E-state index in [0.29, 0.717) is 12.0 Å². The summed E-state index contributed by atoms with van der Waals surface area (Å²) in [4.78, 5) is 0. The molecule has 0 aliphatic rings. The first-order valence-electron chi connectivity index (χ1n) is 6.19. The molecule has 0 radical (unpaired) electrons. The summed E-state index contributed by atoms with van der Waals surface area (Å²) in [6, 6.07) is 4.89. The summed E-state index contributed by atoms with van der Waals surface area (Å²) >= 11 is 0. The number of nitrogens with zero attached hydrogens (tertiary/aromatic N) is 2. The minimum atomic E-state index is -4.33. The van der Waals surface area contributed by atoms with Gasteiger partial charge < -0.3 is 5.73 Å². The lowest BCUT2D eigenvalue weighted by Gasteiger charge is -2.13. The van der Waals surface area contributed by atoms with Gasteiger partial charge in [0, 0.05) is 24.8 Å². The molecule has 0 spiro atoms. The maximum Gasteiger partial charge on any atom is 0.416 e. The fourth-order valence-corrected chi connectivity index (χ4v) is 2.22. The Morgan fingerprint density at radius 1 is 1.35 bits per heavy atom. The molecule has 2 rings (SSSR count). The average Bonchev–Trinajstić information content (AvgIpc) is 2.68. The van der Waals surface area contributed by atoms with Crippen LogP contribution in [-0.2, 0) is 19.6 Å². The van der Waals surface area contributed by atoms with Gasteiger partial charge in [0.2, 0.25) is 0 Å². The molecule has 6 heteroatoms. The second-order valence-electron chi connectivity index (χ2n) is 4.85. The van der Waals surface area contributed by atoms with E-state index in [4.69, 9.17) is 5.73 Å². The van der Waals surface area contributed by atoms with Gasteiger partial charge in [-0.25, -0.2) is 0 Å². The number of hydrogen-bond acceptors (Lipinski definition) is 2. The summed E-state index contributed by atoms with van der Waals surface area (Å²) in [5, 5.41) is 4.19. The maximum atomic E-state index is 12.7. The molecule has 108 valence electrons. The minimum Gasteiger partial charge on any atom is -0.324 e. The van der Waals surface area contributed by atoms with Crippen LogP contribution >= 0.6 is 0 Å². The van der Waals surface area contributed by atoms with Crippen LogP contribution in [0.3, 0.4) is 0 Å². The van der Waals surface area contributed by atoms with Gasteiger partial charge in [-0.1, -0.05) is 18.2 Å². The highest BCUT2D eigenvalue weighted by Crippen LogP contribution is 2.30. The summed E-state index contributed by atoms with van der Waals surface area (Å²) in [6.45, 7) is 1.83. The summed E-state index contributed by atoms with van der Waals surface area (Å²) in [6.07, 6.45) is -2.19. The number of alkyl halides is 3. The third kappa shape index (κ3) is 3.19. The first kappa shape index (κ1) is 14.6.